The standard InChI is InChI=1S/C27H36FN5O3/c1-26(2,28)16-22(31(3)23(34)11-14-32-12-7-4-8-13-32)24(35)33-18-27(15-19(33)17-29)20-9-5-6-10-21(20)30-25(27)36/h5-6,9-10,19,22H,4,7-8,11-16,18H2,1-3H3,(H,30,36)/t19?,22?,27-/m0/s1. The monoisotopic (exact) mass is 497 g/mol. The van der Waals surface area contributed by atoms with Crippen LogP contribution in [0.25, 0.3) is 0 Å². The summed E-state index contributed by atoms with van der Waals surface area (Å²) in [4.78, 5) is 45.0. The van der Waals surface area contributed by atoms with E-state index in [0.29, 0.717) is 12.2 Å². The number of amides is 3. The van der Waals surface area contributed by atoms with E-state index in [4.69, 9.17) is 0 Å². The largest absolute Gasteiger partial charge is 0.334 e. The third-order valence-corrected chi connectivity index (χ3v) is 7.83. The van der Waals surface area contributed by atoms with E-state index in [1.54, 1.807) is 6.07 Å². The van der Waals surface area contributed by atoms with Crippen molar-refractivity contribution in [2.45, 2.75) is 75.5 Å². The van der Waals surface area contributed by atoms with Crippen LogP contribution >= 0.6 is 0 Å². The van der Waals surface area contributed by atoms with Gasteiger partial charge in [0.25, 0.3) is 0 Å². The van der Waals surface area contributed by atoms with Gasteiger partial charge < -0.3 is 20.0 Å². The number of carbonyl (C=O) groups excluding carboxylic acids is 3. The number of nitrogens with zero attached hydrogens (tertiary/aromatic N) is 4. The first-order chi connectivity index (χ1) is 17.1. The number of para-hydroxylation sites is 1. The van der Waals surface area contributed by atoms with Crippen molar-refractivity contribution < 1.29 is 18.8 Å². The third kappa shape index (κ3) is 5.10. The van der Waals surface area contributed by atoms with Crippen LogP contribution in [0.4, 0.5) is 10.1 Å². The fourth-order valence-electron chi connectivity index (χ4n) is 5.81. The number of alkyl halides is 1. The lowest BCUT2D eigenvalue weighted by atomic mass is 9.80. The Kier molecular flexibility index (Phi) is 7.37. The van der Waals surface area contributed by atoms with Gasteiger partial charge in [-0.2, -0.15) is 5.26 Å². The maximum atomic E-state index is 14.9. The van der Waals surface area contributed by atoms with Crippen molar-refractivity contribution in [3.8, 4) is 6.07 Å². The predicted molar refractivity (Wildman–Crippen MR) is 134 cm³/mol. The van der Waals surface area contributed by atoms with Crippen molar-refractivity contribution >= 4 is 23.4 Å². The number of rotatable bonds is 7. The van der Waals surface area contributed by atoms with Crippen LogP contribution in [0.2, 0.25) is 0 Å². The smallest absolute Gasteiger partial charge is 0.246 e. The molecule has 1 N–H and O–H groups in total. The van der Waals surface area contributed by atoms with Gasteiger partial charge in [0.05, 0.1) is 11.5 Å². The molecule has 3 heterocycles. The second-order valence-electron chi connectivity index (χ2n) is 11.0. The molecule has 36 heavy (non-hydrogen) atoms. The van der Waals surface area contributed by atoms with Crippen LogP contribution in [-0.2, 0) is 19.8 Å². The van der Waals surface area contributed by atoms with Crippen LogP contribution < -0.4 is 5.32 Å². The predicted octanol–water partition coefficient (Wildman–Crippen LogP) is 2.84. The number of fused-ring (bicyclic) bond motifs is 2. The number of hydrogen-bond acceptors (Lipinski definition) is 5. The van der Waals surface area contributed by atoms with Gasteiger partial charge in [0.2, 0.25) is 17.7 Å². The number of piperidine rings is 1. The Morgan fingerprint density at radius 2 is 1.97 bits per heavy atom. The van der Waals surface area contributed by atoms with E-state index >= 15 is 0 Å². The second-order valence-corrected chi connectivity index (χ2v) is 11.0. The maximum Gasteiger partial charge on any atom is 0.246 e. The first kappa shape index (κ1) is 26.1. The molecule has 194 valence electrons. The summed E-state index contributed by atoms with van der Waals surface area (Å²) in [6, 6.07) is 7.55. The minimum atomic E-state index is -1.71. The Hall–Kier alpha value is -2.99. The number of nitrogens with one attached hydrogen (secondary N) is 1. The minimum Gasteiger partial charge on any atom is -0.334 e. The number of benzene rings is 1. The molecule has 3 amide bonds. The molecule has 2 saturated heterocycles. The molecule has 9 heteroatoms. The number of carbonyl (C=O) groups is 3. The molecule has 0 radical (unpaired) electrons. The van der Waals surface area contributed by atoms with Crippen molar-refractivity contribution in [2.75, 3.05) is 38.5 Å². The molecular weight excluding hydrogens is 461 g/mol. The molecule has 1 aromatic carbocycles. The molecule has 2 unspecified atom stereocenters. The number of anilines is 1. The van der Waals surface area contributed by atoms with E-state index in [-0.39, 0.29) is 37.6 Å². The summed E-state index contributed by atoms with van der Waals surface area (Å²) in [7, 11) is 1.54. The normalized spacial score (nSPS) is 24.8. The molecule has 1 aromatic rings. The zero-order valence-corrected chi connectivity index (χ0v) is 21.4. The molecule has 0 aromatic heterocycles. The summed E-state index contributed by atoms with van der Waals surface area (Å²) in [5.41, 5.74) is -1.29. The third-order valence-electron chi connectivity index (χ3n) is 7.83. The summed E-state index contributed by atoms with van der Waals surface area (Å²) >= 11 is 0. The molecule has 3 aliphatic heterocycles. The number of nitriles is 1. The Labute approximate surface area is 212 Å². The molecule has 8 nitrogen and oxygen atoms in total. The van der Waals surface area contributed by atoms with Crippen LogP contribution in [0, 0.1) is 11.3 Å². The lowest BCUT2D eigenvalue weighted by Crippen LogP contribution is -2.53. The molecular formula is C27H36FN5O3. The van der Waals surface area contributed by atoms with Gasteiger partial charge in [-0.1, -0.05) is 24.6 Å². The van der Waals surface area contributed by atoms with E-state index < -0.39 is 29.1 Å². The van der Waals surface area contributed by atoms with E-state index in [2.05, 4.69) is 16.3 Å². The van der Waals surface area contributed by atoms with Crippen molar-refractivity contribution in [1.29, 1.82) is 5.26 Å². The van der Waals surface area contributed by atoms with Crippen molar-refractivity contribution in [2.24, 2.45) is 0 Å². The highest BCUT2D eigenvalue weighted by molar-refractivity contribution is 6.07. The summed E-state index contributed by atoms with van der Waals surface area (Å²) < 4.78 is 14.9. The zero-order chi connectivity index (χ0) is 26.1. The highest BCUT2D eigenvalue weighted by Crippen LogP contribution is 2.46. The average Bonchev–Trinajstić information content (AvgIpc) is 3.38. The van der Waals surface area contributed by atoms with E-state index in [0.717, 1.165) is 31.5 Å². The lowest BCUT2D eigenvalue weighted by Gasteiger charge is -2.35. The molecule has 1 spiro atoms. The molecule has 3 aliphatic rings. The minimum absolute atomic E-state index is 0.0198. The van der Waals surface area contributed by atoms with Gasteiger partial charge in [-0.05, 0) is 51.4 Å². The second kappa shape index (κ2) is 10.2. The van der Waals surface area contributed by atoms with Crippen molar-refractivity contribution in [3.63, 3.8) is 0 Å². The molecule has 3 atom stereocenters. The van der Waals surface area contributed by atoms with Crippen molar-refractivity contribution in [1.82, 2.24) is 14.7 Å². The van der Waals surface area contributed by atoms with Gasteiger partial charge in [0, 0.05) is 45.1 Å². The van der Waals surface area contributed by atoms with Gasteiger partial charge >= 0.3 is 0 Å². The van der Waals surface area contributed by atoms with Crippen LogP contribution in [0.5, 0.6) is 0 Å². The quantitative estimate of drug-likeness (QED) is 0.625. The maximum absolute atomic E-state index is 14.9. The van der Waals surface area contributed by atoms with E-state index in [1.165, 1.54) is 37.1 Å². The highest BCUT2D eigenvalue weighted by Gasteiger charge is 2.56. The fourth-order valence-corrected chi connectivity index (χ4v) is 5.81. The summed E-state index contributed by atoms with van der Waals surface area (Å²) in [5, 5.41) is 12.8. The number of likely N-dealkylation sites (tertiary alicyclic amines) is 2. The van der Waals surface area contributed by atoms with Gasteiger partial charge in [0.15, 0.2) is 0 Å². The van der Waals surface area contributed by atoms with E-state index in [1.807, 2.05) is 18.2 Å². The van der Waals surface area contributed by atoms with Gasteiger partial charge in [-0.25, -0.2) is 4.39 Å². The average molecular weight is 498 g/mol. The van der Waals surface area contributed by atoms with Gasteiger partial charge in [-0.3, -0.25) is 14.4 Å². The topological polar surface area (TPSA) is 96.8 Å². The van der Waals surface area contributed by atoms with Crippen LogP contribution in [0.1, 0.15) is 57.9 Å². The lowest BCUT2D eigenvalue weighted by molar-refractivity contribution is -0.146. The molecule has 0 bridgehead atoms. The zero-order valence-electron chi connectivity index (χ0n) is 21.4. The SMILES string of the molecule is CN(C(=O)CCN1CCCCC1)C(CC(C)(C)F)C(=O)N1C[C@]2(CC1C#N)C(=O)Nc1ccccc12. The van der Waals surface area contributed by atoms with Crippen LogP contribution in [0.15, 0.2) is 24.3 Å². The molecule has 0 aliphatic carbocycles. The van der Waals surface area contributed by atoms with Crippen LogP contribution in [0.3, 0.4) is 0 Å². The molecule has 4 rings (SSSR count). The summed E-state index contributed by atoms with van der Waals surface area (Å²) in [5.74, 6) is -0.961. The number of likely N-dealkylation sites (N-methyl/N-ethyl adjacent to an activating group) is 1. The molecule has 2 fully saturated rings. The van der Waals surface area contributed by atoms with Gasteiger partial charge in [0.1, 0.15) is 17.8 Å². The first-order valence-corrected chi connectivity index (χ1v) is 12.8. The summed E-state index contributed by atoms with van der Waals surface area (Å²) in [6.45, 7) is 5.31. The Bertz CT molecular complexity index is 1060. The Balaban J connectivity index is 1.55. The highest BCUT2D eigenvalue weighted by atomic mass is 19.1. The number of hydrogen-bond donors (Lipinski definition) is 1. The number of halogens is 1. The van der Waals surface area contributed by atoms with E-state index in [9.17, 15) is 24.0 Å². The van der Waals surface area contributed by atoms with Gasteiger partial charge in [-0.15, -0.1) is 0 Å². The Morgan fingerprint density at radius 3 is 2.64 bits per heavy atom. The first-order valence-electron chi connectivity index (χ1n) is 12.8. The fraction of sp³-hybridized carbons (Fsp3) is 0.630. The van der Waals surface area contributed by atoms with Crippen LogP contribution in [-0.4, -0.2) is 83.4 Å². The Morgan fingerprint density at radius 1 is 1.28 bits per heavy atom. The molecule has 0 saturated carbocycles. The summed E-state index contributed by atoms with van der Waals surface area (Å²) in [6.07, 6.45) is 3.65. The van der Waals surface area contributed by atoms with Crippen molar-refractivity contribution in [3.05, 3.63) is 29.8 Å².